The number of ether oxygens (including phenoxy) is 1. The fourth-order valence-electron chi connectivity index (χ4n) is 4.33. The first kappa shape index (κ1) is 24.6. The minimum atomic E-state index is -0.518. The molecule has 3 aromatic heterocycles. The number of aromatic amines is 1. The van der Waals surface area contributed by atoms with E-state index in [4.69, 9.17) is 4.74 Å². The van der Waals surface area contributed by atoms with Gasteiger partial charge in [0.25, 0.3) is 5.56 Å². The molecule has 0 radical (unpaired) electrons. The molecule has 0 aliphatic heterocycles. The first-order chi connectivity index (χ1) is 19.4. The largest absolute Gasteiger partial charge is 0.492 e. The molecule has 198 valence electrons. The van der Waals surface area contributed by atoms with Crippen molar-refractivity contribution in [3.05, 3.63) is 101 Å². The Morgan fingerprint density at radius 2 is 1.73 bits per heavy atom. The molecule has 0 unspecified atom stereocenters. The third-order valence-electron chi connectivity index (χ3n) is 6.30. The van der Waals surface area contributed by atoms with Crippen LogP contribution < -0.4 is 20.9 Å². The van der Waals surface area contributed by atoms with E-state index in [0.29, 0.717) is 45.5 Å². The van der Waals surface area contributed by atoms with E-state index < -0.39 is 6.03 Å². The number of amides is 2. The van der Waals surface area contributed by atoms with Crippen molar-refractivity contribution < 1.29 is 14.6 Å². The molecule has 0 saturated heterocycles. The molecule has 6 rings (SSSR count). The number of nitrogens with zero attached hydrogens (tertiary/aromatic N) is 4. The van der Waals surface area contributed by atoms with Gasteiger partial charge in [-0.05, 0) is 38.1 Å². The van der Waals surface area contributed by atoms with Crippen molar-refractivity contribution in [2.24, 2.45) is 0 Å². The van der Waals surface area contributed by atoms with Crippen molar-refractivity contribution in [1.29, 1.82) is 0 Å². The van der Waals surface area contributed by atoms with Gasteiger partial charge in [0.15, 0.2) is 11.4 Å². The van der Waals surface area contributed by atoms with E-state index in [1.807, 2.05) is 55.5 Å². The highest BCUT2D eigenvalue weighted by molar-refractivity contribution is 6.07. The van der Waals surface area contributed by atoms with Crippen LogP contribution in [0.15, 0.2) is 83.8 Å². The maximum atomic E-state index is 13.0. The molecule has 0 bridgehead atoms. The summed E-state index contributed by atoms with van der Waals surface area (Å²) in [6.07, 6.45) is 1.53. The van der Waals surface area contributed by atoms with E-state index in [9.17, 15) is 14.7 Å². The van der Waals surface area contributed by atoms with Gasteiger partial charge < -0.3 is 20.1 Å². The van der Waals surface area contributed by atoms with Crippen LogP contribution in [0.3, 0.4) is 0 Å². The van der Waals surface area contributed by atoms with Gasteiger partial charge in [-0.25, -0.2) is 19.4 Å². The lowest BCUT2D eigenvalue weighted by molar-refractivity contribution is 0.262. The van der Waals surface area contributed by atoms with Gasteiger partial charge in [0.2, 0.25) is 5.88 Å². The van der Waals surface area contributed by atoms with E-state index >= 15 is 0 Å². The van der Waals surface area contributed by atoms with Gasteiger partial charge >= 0.3 is 6.03 Å². The SMILES string of the molecule is Cc1ccc(-n2nc(O)cc2NC(=O)Nc2ccc(Oc3ccnc4[nH]c(=O)c(C)nc34)c3ccccc23)cc1. The molecule has 0 aliphatic rings. The normalized spacial score (nSPS) is 11.1. The number of pyridine rings is 1. The Labute approximate surface area is 227 Å². The Bertz CT molecular complexity index is 1960. The predicted molar refractivity (Wildman–Crippen MR) is 152 cm³/mol. The zero-order valence-corrected chi connectivity index (χ0v) is 21.5. The molecular weight excluding hydrogens is 510 g/mol. The lowest BCUT2D eigenvalue weighted by atomic mass is 10.1. The van der Waals surface area contributed by atoms with Gasteiger partial charge in [-0.1, -0.05) is 42.0 Å². The van der Waals surface area contributed by atoms with Gasteiger partial charge in [0.05, 0.1) is 11.4 Å². The molecule has 4 N–H and O–H groups in total. The lowest BCUT2D eigenvalue weighted by Crippen LogP contribution is -2.21. The number of benzene rings is 3. The number of H-pyrrole nitrogens is 1. The number of carbonyl (C=O) groups is 1. The molecule has 40 heavy (non-hydrogen) atoms. The standard InChI is InChI=1S/C29H23N7O4/c1-16-7-9-18(10-8-16)36-24(15-25(37)35-36)33-29(39)32-21-11-12-22(20-6-4-3-5-19(20)21)40-23-13-14-30-27-26(23)31-17(2)28(38)34-27/h3-15H,1-2H3,(H,35,37)(H,30,34,38)(H2,32,33,39). The molecule has 3 aromatic carbocycles. The summed E-state index contributed by atoms with van der Waals surface area (Å²) in [6, 6.07) is 21.0. The Morgan fingerprint density at radius 3 is 2.52 bits per heavy atom. The van der Waals surface area contributed by atoms with Crippen molar-refractivity contribution in [3.8, 4) is 23.1 Å². The first-order valence-electron chi connectivity index (χ1n) is 12.3. The molecule has 0 aliphatic carbocycles. The van der Waals surface area contributed by atoms with Crippen LogP contribution in [0.25, 0.3) is 27.6 Å². The second-order valence-corrected chi connectivity index (χ2v) is 9.13. The molecule has 0 atom stereocenters. The number of fused-ring (bicyclic) bond motifs is 2. The Morgan fingerprint density at radius 1 is 0.950 bits per heavy atom. The number of anilines is 2. The van der Waals surface area contributed by atoms with Gasteiger partial charge in [-0.15, -0.1) is 5.10 Å². The number of carbonyl (C=O) groups excluding carboxylic acids is 1. The van der Waals surface area contributed by atoms with Gasteiger partial charge in [0.1, 0.15) is 22.8 Å². The predicted octanol–water partition coefficient (Wildman–Crippen LogP) is 5.42. The number of aromatic nitrogens is 5. The summed E-state index contributed by atoms with van der Waals surface area (Å²) >= 11 is 0. The van der Waals surface area contributed by atoms with Crippen LogP contribution in [-0.2, 0) is 0 Å². The Balaban J connectivity index is 1.29. The third kappa shape index (κ3) is 4.67. The van der Waals surface area contributed by atoms with E-state index in [1.165, 1.54) is 16.9 Å². The second kappa shape index (κ2) is 9.87. The van der Waals surface area contributed by atoms with Crippen molar-refractivity contribution in [2.75, 3.05) is 10.6 Å². The van der Waals surface area contributed by atoms with E-state index in [0.717, 1.165) is 16.3 Å². The molecule has 6 aromatic rings. The summed E-state index contributed by atoms with van der Waals surface area (Å²) in [5, 5.41) is 21.2. The topological polar surface area (TPSA) is 147 Å². The molecule has 0 saturated carbocycles. The zero-order valence-electron chi connectivity index (χ0n) is 21.5. The summed E-state index contributed by atoms with van der Waals surface area (Å²) < 4.78 is 7.69. The van der Waals surface area contributed by atoms with Crippen LogP contribution >= 0.6 is 0 Å². The maximum Gasteiger partial charge on any atom is 0.324 e. The van der Waals surface area contributed by atoms with Crippen LogP contribution in [0, 0.1) is 13.8 Å². The monoisotopic (exact) mass is 533 g/mol. The molecule has 3 heterocycles. The lowest BCUT2D eigenvalue weighted by Gasteiger charge is -2.15. The van der Waals surface area contributed by atoms with Crippen molar-refractivity contribution in [3.63, 3.8) is 0 Å². The Hall–Kier alpha value is -5.71. The summed E-state index contributed by atoms with van der Waals surface area (Å²) in [4.78, 5) is 36.3. The number of nitrogens with one attached hydrogen (secondary N) is 3. The number of urea groups is 1. The van der Waals surface area contributed by atoms with Crippen molar-refractivity contribution >= 4 is 39.5 Å². The van der Waals surface area contributed by atoms with Crippen LogP contribution in [-0.4, -0.2) is 35.9 Å². The Kier molecular flexibility index (Phi) is 6.08. The number of hydrogen-bond donors (Lipinski definition) is 4. The minimum Gasteiger partial charge on any atom is -0.492 e. The highest BCUT2D eigenvalue weighted by Crippen LogP contribution is 2.36. The maximum absolute atomic E-state index is 13.0. The molecular formula is C29H23N7O4. The van der Waals surface area contributed by atoms with Crippen LogP contribution in [0.5, 0.6) is 17.4 Å². The van der Waals surface area contributed by atoms with Crippen LogP contribution in [0.4, 0.5) is 16.3 Å². The molecule has 11 heteroatoms. The summed E-state index contributed by atoms with van der Waals surface area (Å²) in [5.74, 6) is 1.04. The molecule has 11 nitrogen and oxygen atoms in total. The van der Waals surface area contributed by atoms with Crippen LogP contribution in [0.2, 0.25) is 0 Å². The van der Waals surface area contributed by atoms with E-state index in [-0.39, 0.29) is 11.4 Å². The highest BCUT2D eigenvalue weighted by atomic mass is 16.5. The second-order valence-electron chi connectivity index (χ2n) is 9.13. The fraction of sp³-hybridized carbons (Fsp3) is 0.0690. The summed E-state index contributed by atoms with van der Waals surface area (Å²) in [5.41, 5.74) is 3.05. The van der Waals surface area contributed by atoms with Crippen molar-refractivity contribution in [1.82, 2.24) is 24.7 Å². The molecule has 2 amide bonds. The van der Waals surface area contributed by atoms with Gasteiger partial charge in [0, 0.05) is 29.1 Å². The number of rotatable bonds is 5. The van der Waals surface area contributed by atoms with Gasteiger partial charge in [-0.2, -0.15) is 0 Å². The number of aryl methyl sites for hydroxylation is 2. The molecule has 0 spiro atoms. The number of aromatic hydroxyl groups is 1. The third-order valence-corrected chi connectivity index (χ3v) is 6.30. The van der Waals surface area contributed by atoms with E-state index in [2.05, 4.69) is 30.7 Å². The highest BCUT2D eigenvalue weighted by Gasteiger charge is 2.16. The van der Waals surface area contributed by atoms with Crippen molar-refractivity contribution in [2.45, 2.75) is 13.8 Å². The quantitative estimate of drug-likeness (QED) is 0.231. The average molecular weight is 534 g/mol. The van der Waals surface area contributed by atoms with E-state index in [1.54, 1.807) is 25.1 Å². The molecule has 0 fully saturated rings. The minimum absolute atomic E-state index is 0.222. The van der Waals surface area contributed by atoms with Gasteiger partial charge in [-0.3, -0.25) is 10.1 Å². The number of hydrogen-bond acceptors (Lipinski definition) is 7. The zero-order chi connectivity index (χ0) is 27.8. The fourth-order valence-corrected chi connectivity index (χ4v) is 4.33. The summed E-state index contributed by atoms with van der Waals surface area (Å²) in [6.45, 7) is 3.59. The average Bonchev–Trinajstić information content (AvgIpc) is 3.31. The summed E-state index contributed by atoms with van der Waals surface area (Å²) in [7, 11) is 0. The van der Waals surface area contributed by atoms with Crippen LogP contribution in [0.1, 0.15) is 11.3 Å². The smallest absolute Gasteiger partial charge is 0.324 e. The first-order valence-corrected chi connectivity index (χ1v) is 12.3.